The average molecular weight is 334 g/mol. The highest BCUT2D eigenvalue weighted by molar-refractivity contribution is 5.81. The lowest BCUT2D eigenvalue weighted by Crippen LogP contribution is -2.49. The first-order chi connectivity index (χ1) is 11.5. The molecule has 3 rings (SSSR count). The van der Waals surface area contributed by atoms with Gasteiger partial charge >= 0.3 is 0 Å². The topological polar surface area (TPSA) is 49.9 Å². The molecular formula is C18H23FN2O3. The third kappa shape index (κ3) is 3.75. The Balaban J connectivity index is 1.64. The largest absolute Gasteiger partial charge is 0.370 e. The van der Waals surface area contributed by atoms with Gasteiger partial charge in [0, 0.05) is 26.6 Å². The smallest absolute Gasteiger partial charge is 0.227 e. The summed E-state index contributed by atoms with van der Waals surface area (Å²) in [5.74, 6) is -0.293. The van der Waals surface area contributed by atoms with Crippen LogP contribution in [0.25, 0.3) is 0 Å². The number of morpholine rings is 1. The molecular weight excluding hydrogens is 311 g/mol. The maximum atomic E-state index is 13.1. The molecule has 0 radical (unpaired) electrons. The Bertz CT molecular complexity index is 605. The summed E-state index contributed by atoms with van der Waals surface area (Å²) in [7, 11) is 0. The zero-order chi connectivity index (χ0) is 17.1. The third-order valence-electron chi connectivity index (χ3n) is 4.84. The molecule has 2 amide bonds. The molecule has 0 saturated carbocycles. The maximum absolute atomic E-state index is 13.1. The van der Waals surface area contributed by atoms with Gasteiger partial charge in [0.05, 0.1) is 19.1 Å². The first-order valence-electron chi connectivity index (χ1n) is 8.46. The van der Waals surface area contributed by atoms with E-state index in [1.807, 2.05) is 4.90 Å². The Hall–Kier alpha value is -1.95. The van der Waals surface area contributed by atoms with Crippen molar-refractivity contribution in [3.63, 3.8) is 0 Å². The SMILES string of the molecule is CC(=O)N1CCC[C@@H](C(=O)N2CCO[C@@H](c3ccc(F)cc3)C2)C1. The number of rotatable bonds is 2. The van der Waals surface area contributed by atoms with Gasteiger partial charge in [-0.1, -0.05) is 12.1 Å². The van der Waals surface area contributed by atoms with E-state index in [2.05, 4.69) is 0 Å². The molecule has 2 aliphatic heterocycles. The van der Waals surface area contributed by atoms with E-state index in [0.717, 1.165) is 24.9 Å². The summed E-state index contributed by atoms with van der Waals surface area (Å²) in [5.41, 5.74) is 0.878. The Kier molecular flexibility index (Phi) is 5.14. The number of hydrogen-bond acceptors (Lipinski definition) is 3. The van der Waals surface area contributed by atoms with Gasteiger partial charge in [0.2, 0.25) is 11.8 Å². The third-order valence-corrected chi connectivity index (χ3v) is 4.84. The number of nitrogens with zero attached hydrogens (tertiary/aromatic N) is 2. The number of carbonyl (C=O) groups excluding carboxylic acids is 2. The zero-order valence-electron chi connectivity index (χ0n) is 13.9. The van der Waals surface area contributed by atoms with Crippen LogP contribution in [0, 0.1) is 11.7 Å². The van der Waals surface area contributed by atoms with Crippen LogP contribution >= 0.6 is 0 Å². The molecule has 0 spiro atoms. The summed E-state index contributed by atoms with van der Waals surface area (Å²) >= 11 is 0. The molecule has 0 N–H and O–H groups in total. The molecule has 2 fully saturated rings. The minimum atomic E-state index is -0.283. The van der Waals surface area contributed by atoms with Gasteiger partial charge < -0.3 is 14.5 Å². The molecule has 0 aromatic heterocycles. The summed E-state index contributed by atoms with van der Waals surface area (Å²) in [6.07, 6.45) is 1.46. The molecule has 2 heterocycles. The molecule has 0 aliphatic carbocycles. The number of likely N-dealkylation sites (tertiary alicyclic amines) is 1. The van der Waals surface area contributed by atoms with Crippen LogP contribution in [-0.2, 0) is 14.3 Å². The first-order valence-corrected chi connectivity index (χ1v) is 8.46. The van der Waals surface area contributed by atoms with E-state index in [4.69, 9.17) is 4.74 Å². The van der Waals surface area contributed by atoms with Crippen LogP contribution in [0.2, 0.25) is 0 Å². The van der Waals surface area contributed by atoms with Crippen molar-refractivity contribution < 1.29 is 18.7 Å². The summed E-state index contributed by atoms with van der Waals surface area (Å²) in [5, 5.41) is 0. The first kappa shape index (κ1) is 16.9. The van der Waals surface area contributed by atoms with E-state index in [1.165, 1.54) is 12.1 Å². The quantitative estimate of drug-likeness (QED) is 0.831. The van der Waals surface area contributed by atoms with Gasteiger partial charge in [0.1, 0.15) is 11.9 Å². The van der Waals surface area contributed by atoms with Gasteiger partial charge in [-0.2, -0.15) is 0 Å². The Morgan fingerprint density at radius 3 is 2.58 bits per heavy atom. The molecule has 0 bridgehead atoms. The van der Waals surface area contributed by atoms with Gasteiger partial charge in [-0.25, -0.2) is 4.39 Å². The second-order valence-corrected chi connectivity index (χ2v) is 6.50. The van der Waals surface area contributed by atoms with Crippen LogP contribution in [0.3, 0.4) is 0 Å². The molecule has 1 aromatic carbocycles. The number of piperidine rings is 1. The Morgan fingerprint density at radius 2 is 1.88 bits per heavy atom. The normalized spacial score (nSPS) is 24.8. The molecule has 24 heavy (non-hydrogen) atoms. The summed E-state index contributed by atoms with van der Waals surface area (Å²) in [4.78, 5) is 28.0. The van der Waals surface area contributed by atoms with E-state index in [-0.39, 0.29) is 29.7 Å². The van der Waals surface area contributed by atoms with Gasteiger partial charge in [0.25, 0.3) is 0 Å². The van der Waals surface area contributed by atoms with Crippen LogP contribution in [0.5, 0.6) is 0 Å². The van der Waals surface area contributed by atoms with Crippen molar-refractivity contribution in [2.24, 2.45) is 5.92 Å². The Morgan fingerprint density at radius 1 is 1.12 bits per heavy atom. The van der Waals surface area contributed by atoms with E-state index >= 15 is 0 Å². The van der Waals surface area contributed by atoms with Gasteiger partial charge in [-0.05, 0) is 30.5 Å². The predicted molar refractivity (Wildman–Crippen MR) is 86.7 cm³/mol. The monoisotopic (exact) mass is 334 g/mol. The highest BCUT2D eigenvalue weighted by Crippen LogP contribution is 2.25. The highest BCUT2D eigenvalue weighted by atomic mass is 19.1. The second-order valence-electron chi connectivity index (χ2n) is 6.50. The van der Waals surface area contributed by atoms with Gasteiger partial charge in [0.15, 0.2) is 0 Å². The fourth-order valence-corrected chi connectivity index (χ4v) is 3.45. The molecule has 0 unspecified atom stereocenters. The minimum absolute atomic E-state index is 0.0265. The predicted octanol–water partition coefficient (Wildman–Crippen LogP) is 1.98. The highest BCUT2D eigenvalue weighted by Gasteiger charge is 2.33. The molecule has 2 atom stereocenters. The number of benzene rings is 1. The van der Waals surface area contributed by atoms with Crippen molar-refractivity contribution in [3.05, 3.63) is 35.6 Å². The minimum Gasteiger partial charge on any atom is -0.370 e. The molecule has 2 aliphatic rings. The number of halogens is 1. The molecule has 1 aromatic rings. The van der Waals surface area contributed by atoms with Crippen LogP contribution in [0.1, 0.15) is 31.4 Å². The summed E-state index contributed by atoms with van der Waals surface area (Å²) in [6, 6.07) is 6.22. The van der Waals surface area contributed by atoms with E-state index in [9.17, 15) is 14.0 Å². The molecule has 6 heteroatoms. The number of hydrogen-bond donors (Lipinski definition) is 0. The van der Waals surface area contributed by atoms with Crippen LogP contribution in [0.15, 0.2) is 24.3 Å². The van der Waals surface area contributed by atoms with Crippen LogP contribution in [0.4, 0.5) is 4.39 Å². The van der Waals surface area contributed by atoms with Crippen molar-refractivity contribution in [2.75, 3.05) is 32.8 Å². The number of amides is 2. The van der Waals surface area contributed by atoms with Crippen molar-refractivity contribution >= 4 is 11.8 Å². The van der Waals surface area contributed by atoms with E-state index in [0.29, 0.717) is 26.2 Å². The lowest BCUT2D eigenvalue weighted by atomic mass is 9.95. The fraction of sp³-hybridized carbons (Fsp3) is 0.556. The van der Waals surface area contributed by atoms with Crippen molar-refractivity contribution in [1.29, 1.82) is 0 Å². The fourth-order valence-electron chi connectivity index (χ4n) is 3.45. The van der Waals surface area contributed by atoms with Gasteiger partial charge in [-0.15, -0.1) is 0 Å². The van der Waals surface area contributed by atoms with Crippen LogP contribution < -0.4 is 0 Å². The molecule has 130 valence electrons. The second kappa shape index (κ2) is 7.30. The van der Waals surface area contributed by atoms with Crippen LogP contribution in [-0.4, -0.2) is 54.4 Å². The molecule has 5 nitrogen and oxygen atoms in total. The number of carbonyl (C=O) groups is 2. The van der Waals surface area contributed by atoms with Gasteiger partial charge in [-0.3, -0.25) is 9.59 Å². The van der Waals surface area contributed by atoms with Crippen molar-refractivity contribution in [2.45, 2.75) is 25.9 Å². The van der Waals surface area contributed by atoms with Crippen molar-refractivity contribution in [1.82, 2.24) is 9.80 Å². The zero-order valence-corrected chi connectivity index (χ0v) is 13.9. The molecule has 2 saturated heterocycles. The maximum Gasteiger partial charge on any atom is 0.227 e. The average Bonchev–Trinajstić information content (AvgIpc) is 2.62. The lowest BCUT2D eigenvalue weighted by Gasteiger charge is -2.38. The van der Waals surface area contributed by atoms with Crippen molar-refractivity contribution in [3.8, 4) is 0 Å². The van der Waals surface area contributed by atoms with E-state index < -0.39 is 0 Å². The van der Waals surface area contributed by atoms with E-state index in [1.54, 1.807) is 24.0 Å². The Labute approximate surface area is 141 Å². The lowest BCUT2D eigenvalue weighted by molar-refractivity contribution is -0.146. The standard InChI is InChI=1S/C18H23FN2O3/c1-13(22)20-8-2-3-15(11-20)18(23)21-9-10-24-17(12-21)14-4-6-16(19)7-5-14/h4-7,15,17H,2-3,8-12H2,1H3/t15-,17-/m1/s1. The number of ether oxygens (including phenoxy) is 1. The summed E-state index contributed by atoms with van der Waals surface area (Å²) in [6.45, 7) is 4.30. The summed E-state index contributed by atoms with van der Waals surface area (Å²) < 4.78 is 18.8.